The summed E-state index contributed by atoms with van der Waals surface area (Å²) < 4.78 is 15.0. The zero-order chi connectivity index (χ0) is 14.1. The summed E-state index contributed by atoms with van der Waals surface area (Å²) in [6, 6.07) is 8.89. The number of ether oxygens (including phenoxy) is 3. The van der Waals surface area contributed by atoms with E-state index in [0.717, 1.165) is 0 Å². The molecule has 1 aromatic carbocycles. The predicted octanol–water partition coefficient (Wildman–Crippen LogP) is 1.87. The molecule has 0 radical (unpaired) electrons. The zero-order valence-corrected chi connectivity index (χ0v) is 11.1. The van der Waals surface area contributed by atoms with Crippen molar-refractivity contribution in [1.29, 1.82) is 0 Å². The Kier molecular flexibility index (Phi) is 6.60. The van der Waals surface area contributed by atoms with Gasteiger partial charge in [0.15, 0.2) is 6.10 Å². The monoisotopic (exact) mass is 266 g/mol. The van der Waals surface area contributed by atoms with Crippen molar-refractivity contribution in [2.75, 3.05) is 19.8 Å². The van der Waals surface area contributed by atoms with E-state index in [1.807, 2.05) is 6.07 Å². The number of rotatable bonds is 7. The van der Waals surface area contributed by atoms with E-state index in [2.05, 4.69) is 0 Å². The Morgan fingerprint density at radius 2 is 1.68 bits per heavy atom. The highest BCUT2D eigenvalue weighted by Crippen LogP contribution is 2.18. The molecule has 1 aromatic rings. The summed E-state index contributed by atoms with van der Waals surface area (Å²) in [6.07, 6.45) is -0.912. The maximum Gasteiger partial charge on any atom is 0.339 e. The Labute approximate surface area is 112 Å². The fourth-order valence-electron chi connectivity index (χ4n) is 1.50. The van der Waals surface area contributed by atoms with E-state index in [1.54, 1.807) is 38.1 Å². The van der Waals surface area contributed by atoms with E-state index in [0.29, 0.717) is 5.56 Å². The first kappa shape index (κ1) is 15.2. The fraction of sp³-hybridized carbons (Fsp3) is 0.429. The minimum Gasteiger partial charge on any atom is -0.464 e. The van der Waals surface area contributed by atoms with E-state index in [1.165, 1.54) is 0 Å². The molecule has 0 saturated carbocycles. The van der Waals surface area contributed by atoms with E-state index in [-0.39, 0.29) is 19.8 Å². The Bertz CT molecular complexity index is 402. The minimum absolute atomic E-state index is 0.255. The van der Waals surface area contributed by atoms with Crippen LogP contribution in [-0.2, 0) is 23.8 Å². The van der Waals surface area contributed by atoms with E-state index >= 15 is 0 Å². The van der Waals surface area contributed by atoms with Gasteiger partial charge in [-0.3, -0.25) is 0 Å². The maximum absolute atomic E-state index is 11.8. The van der Waals surface area contributed by atoms with Crippen LogP contribution in [0.3, 0.4) is 0 Å². The van der Waals surface area contributed by atoms with Crippen LogP contribution in [0.2, 0.25) is 0 Å². The van der Waals surface area contributed by atoms with Crippen molar-refractivity contribution in [3.05, 3.63) is 35.9 Å². The van der Waals surface area contributed by atoms with Gasteiger partial charge < -0.3 is 14.2 Å². The normalized spacial score (nSPS) is 11.7. The van der Waals surface area contributed by atoms with Gasteiger partial charge in [0.25, 0.3) is 0 Å². The van der Waals surface area contributed by atoms with Crippen molar-refractivity contribution in [3.63, 3.8) is 0 Å². The van der Waals surface area contributed by atoms with Crippen molar-refractivity contribution in [3.8, 4) is 0 Å². The molecule has 0 heterocycles. The Morgan fingerprint density at radius 3 is 2.26 bits per heavy atom. The molecular weight excluding hydrogens is 248 g/mol. The molecular formula is C14H18O5. The number of carbonyl (C=O) groups excluding carboxylic acids is 2. The van der Waals surface area contributed by atoms with E-state index in [4.69, 9.17) is 14.2 Å². The summed E-state index contributed by atoms with van der Waals surface area (Å²) in [5.41, 5.74) is 0.644. The summed E-state index contributed by atoms with van der Waals surface area (Å²) in [4.78, 5) is 23.1. The third-order valence-corrected chi connectivity index (χ3v) is 2.28. The number of hydrogen-bond acceptors (Lipinski definition) is 5. The molecule has 5 nitrogen and oxygen atoms in total. The minimum atomic E-state index is -0.912. The van der Waals surface area contributed by atoms with Crippen LogP contribution < -0.4 is 0 Å². The second-order valence-corrected chi connectivity index (χ2v) is 3.66. The lowest BCUT2D eigenvalue weighted by molar-refractivity contribution is -0.163. The standard InChI is InChI=1S/C14H18O5/c1-3-17-12(15)10-19-13(14(16)18-4-2)11-8-6-5-7-9-11/h5-9,13H,3-4,10H2,1-2H3/t13-/m0/s1. The largest absolute Gasteiger partial charge is 0.464 e. The molecule has 0 aliphatic heterocycles. The van der Waals surface area contributed by atoms with Crippen LogP contribution in [0.5, 0.6) is 0 Å². The number of hydrogen-bond donors (Lipinski definition) is 0. The van der Waals surface area contributed by atoms with Crippen molar-refractivity contribution >= 4 is 11.9 Å². The molecule has 0 aromatic heterocycles. The van der Waals surface area contributed by atoms with Crippen LogP contribution in [0.1, 0.15) is 25.5 Å². The van der Waals surface area contributed by atoms with Gasteiger partial charge in [-0.2, -0.15) is 0 Å². The molecule has 0 amide bonds. The Hall–Kier alpha value is -1.88. The van der Waals surface area contributed by atoms with Gasteiger partial charge in [0, 0.05) is 0 Å². The average Bonchev–Trinajstić information content (AvgIpc) is 2.41. The molecule has 0 fully saturated rings. The van der Waals surface area contributed by atoms with Gasteiger partial charge in [0.1, 0.15) is 6.61 Å². The molecule has 0 aliphatic rings. The Balaban J connectivity index is 2.70. The third-order valence-electron chi connectivity index (χ3n) is 2.28. The van der Waals surface area contributed by atoms with Gasteiger partial charge in [0.2, 0.25) is 0 Å². The maximum atomic E-state index is 11.8. The highest BCUT2D eigenvalue weighted by Gasteiger charge is 2.23. The zero-order valence-electron chi connectivity index (χ0n) is 11.1. The van der Waals surface area contributed by atoms with Crippen LogP contribution in [-0.4, -0.2) is 31.8 Å². The van der Waals surface area contributed by atoms with Gasteiger partial charge in [-0.05, 0) is 19.4 Å². The molecule has 0 aliphatic carbocycles. The first-order chi connectivity index (χ1) is 9.19. The van der Waals surface area contributed by atoms with Crippen molar-refractivity contribution in [2.24, 2.45) is 0 Å². The van der Waals surface area contributed by atoms with E-state index < -0.39 is 18.0 Å². The average molecular weight is 266 g/mol. The highest BCUT2D eigenvalue weighted by atomic mass is 16.6. The fourth-order valence-corrected chi connectivity index (χ4v) is 1.50. The van der Waals surface area contributed by atoms with Gasteiger partial charge in [-0.15, -0.1) is 0 Å². The first-order valence-corrected chi connectivity index (χ1v) is 6.17. The summed E-state index contributed by atoms with van der Waals surface area (Å²) >= 11 is 0. The van der Waals surface area contributed by atoms with Crippen molar-refractivity contribution in [2.45, 2.75) is 20.0 Å². The second-order valence-electron chi connectivity index (χ2n) is 3.66. The molecule has 0 unspecified atom stereocenters. The van der Waals surface area contributed by atoms with Crippen LogP contribution >= 0.6 is 0 Å². The molecule has 0 N–H and O–H groups in total. The van der Waals surface area contributed by atoms with Crippen molar-refractivity contribution < 1.29 is 23.8 Å². The quantitative estimate of drug-likeness (QED) is 0.705. The van der Waals surface area contributed by atoms with Crippen LogP contribution in [0.4, 0.5) is 0 Å². The summed E-state index contributed by atoms with van der Waals surface area (Å²) in [7, 11) is 0. The van der Waals surface area contributed by atoms with Crippen LogP contribution in [0.25, 0.3) is 0 Å². The lowest BCUT2D eigenvalue weighted by Crippen LogP contribution is -2.23. The van der Waals surface area contributed by atoms with Gasteiger partial charge in [-0.1, -0.05) is 30.3 Å². The molecule has 1 rings (SSSR count). The lowest BCUT2D eigenvalue weighted by Gasteiger charge is -2.16. The molecule has 1 atom stereocenters. The summed E-state index contributed by atoms with van der Waals surface area (Å²) in [5.74, 6) is -1.02. The highest BCUT2D eigenvalue weighted by molar-refractivity contribution is 5.77. The first-order valence-electron chi connectivity index (χ1n) is 6.17. The van der Waals surface area contributed by atoms with Crippen molar-refractivity contribution in [1.82, 2.24) is 0 Å². The SMILES string of the molecule is CCOC(=O)CO[C@H](C(=O)OCC)c1ccccc1. The molecule has 5 heteroatoms. The number of benzene rings is 1. The number of carbonyl (C=O) groups is 2. The van der Waals surface area contributed by atoms with E-state index in [9.17, 15) is 9.59 Å². The Morgan fingerprint density at radius 1 is 1.05 bits per heavy atom. The molecule has 0 spiro atoms. The predicted molar refractivity (Wildman–Crippen MR) is 68.4 cm³/mol. The lowest BCUT2D eigenvalue weighted by atomic mass is 10.1. The smallest absolute Gasteiger partial charge is 0.339 e. The topological polar surface area (TPSA) is 61.8 Å². The molecule has 0 saturated heterocycles. The molecule has 0 bridgehead atoms. The molecule has 104 valence electrons. The summed E-state index contributed by atoms with van der Waals surface area (Å²) in [6.45, 7) is 3.66. The third kappa shape index (κ3) is 5.09. The van der Waals surface area contributed by atoms with Gasteiger partial charge in [0.05, 0.1) is 13.2 Å². The van der Waals surface area contributed by atoms with Crippen LogP contribution in [0, 0.1) is 0 Å². The second kappa shape index (κ2) is 8.26. The van der Waals surface area contributed by atoms with Crippen LogP contribution in [0.15, 0.2) is 30.3 Å². The summed E-state index contributed by atoms with van der Waals surface area (Å²) in [5, 5.41) is 0. The number of esters is 2. The van der Waals surface area contributed by atoms with Gasteiger partial charge >= 0.3 is 11.9 Å². The van der Waals surface area contributed by atoms with Gasteiger partial charge in [-0.25, -0.2) is 9.59 Å². The molecule has 19 heavy (non-hydrogen) atoms.